The van der Waals surface area contributed by atoms with Crippen molar-refractivity contribution in [3.05, 3.63) is 72.9 Å². The van der Waals surface area contributed by atoms with Crippen LogP contribution in [0.3, 0.4) is 0 Å². The molecule has 83 heavy (non-hydrogen) atoms. The normalized spacial score (nSPS) is 12.5. The Morgan fingerprint density at radius 1 is 0.253 bits per heavy atom. The van der Waals surface area contributed by atoms with Crippen LogP contribution in [0.25, 0.3) is 0 Å². The van der Waals surface area contributed by atoms with Gasteiger partial charge in [0, 0.05) is 19.3 Å². The Morgan fingerprint density at radius 2 is 0.470 bits per heavy atom. The predicted octanol–water partition coefficient (Wildman–Crippen LogP) is 25.2. The highest BCUT2D eigenvalue weighted by Crippen LogP contribution is 2.18. The van der Waals surface area contributed by atoms with Gasteiger partial charge in [-0.1, -0.05) is 344 Å². The zero-order valence-corrected chi connectivity index (χ0v) is 55.5. The van der Waals surface area contributed by atoms with Crippen molar-refractivity contribution < 1.29 is 28.6 Å². The Labute approximate surface area is 516 Å². The van der Waals surface area contributed by atoms with Crippen molar-refractivity contribution in [2.75, 3.05) is 13.2 Å². The quantitative estimate of drug-likeness (QED) is 0.0261. The maximum atomic E-state index is 12.9. The third kappa shape index (κ3) is 69.5. The van der Waals surface area contributed by atoms with Gasteiger partial charge in [0.1, 0.15) is 13.2 Å². The van der Waals surface area contributed by atoms with Gasteiger partial charge in [0.15, 0.2) is 6.10 Å². The smallest absolute Gasteiger partial charge is 0.306 e. The standard InChI is InChI=1S/C77H138O6/c1-4-7-10-13-16-19-22-25-28-30-32-33-34-35-36-37-38-39-40-41-42-43-44-45-46-48-49-52-55-58-61-64-67-70-76(79)82-73-74(72-81-75(78)69-66-63-60-57-54-51-27-24-21-18-15-12-9-6-3)83-77(80)71-68-65-62-59-56-53-50-47-31-29-26-23-20-17-14-11-8-5-2/h7,10,16,19-20,23,25,28-29,31-33,74H,4-6,8-9,11-15,17-18,21-22,24,26-27,30,34-73H2,1-3H3/b10-7-,19-16-,23-20-,28-25-,31-29-,33-32-. The van der Waals surface area contributed by atoms with E-state index in [9.17, 15) is 14.4 Å². The van der Waals surface area contributed by atoms with E-state index in [0.29, 0.717) is 19.3 Å². The van der Waals surface area contributed by atoms with Crippen LogP contribution in [0.1, 0.15) is 380 Å². The van der Waals surface area contributed by atoms with Crippen LogP contribution < -0.4 is 0 Å². The van der Waals surface area contributed by atoms with Crippen LogP contribution in [0, 0.1) is 0 Å². The van der Waals surface area contributed by atoms with Crippen molar-refractivity contribution in [2.24, 2.45) is 0 Å². The van der Waals surface area contributed by atoms with Crippen molar-refractivity contribution in [3.63, 3.8) is 0 Å². The first-order valence-corrected chi connectivity index (χ1v) is 36.4. The lowest BCUT2D eigenvalue weighted by Gasteiger charge is -2.18. The van der Waals surface area contributed by atoms with Gasteiger partial charge in [-0.2, -0.15) is 0 Å². The van der Waals surface area contributed by atoms with E-state index in [2.05, 4.69) is 93.7 Å². The number of hydrogen-bond acceptors (Lipinski definition) is 6. The Kier molecular flexibility index (Phi) is 68.6. The van der Waals surface area contributed by atoms with Gasteiger partial charge in [-0.3, -0.25) is 14.4 Å². The monoisotopic (exact) mass is 1160 g/mol. The minimum Gasteiger partial charge on any atom is -0.462 e. The molecule has 0 radical (unpaired) electrons. The molecular formula is C77H138O6. The molecule has 6 nitrogen and oxygen atoms in total. The summed E-state index contributed by atoms with van der Waals surface area (Å²) in [5.74, 6) is -0.854. The fourth-order valence-electron chi connectivity index (χ4n) is 10.8. The third-order valence-electron chi connectivity index (χ3n) is 16.2. The van der Waals surface area contributed by atoms with Crippen LogP contribution in [-0.2, 0) is 28.6 Å². The first-order chi connectivity index (χ1) is 41.0. The summed E-state index contributed by atoms with van der Waals surface area (Å²) in [7, 11) is 0. The molecule has 0 rings (SSSR count). The highest BCUT2D eigenvalue weighted by Gasteiger charge is 2.19. The Hall–Kier alpha value is -3.15. The van der Waals surface area contributed by atoms with E-state index in [-0.39, 0.29) is 31.1 Å². The maximum absolute atomic E-state index is 12.9. The van der Waals surface area contributed by atoms with Crippen LogP contribution in [-0.4, -0.2) is 37.2 Å². The van der Waals surface area contributed by atoms with Gasteiger partial charge >= 0.3 is 17.9 Å². The molecule has 0 aliphatic heterocycles. The lowest BCUT2D eigenvalue weighted by atomic mass is 10.0. The van der Waals surface area contributed by atoms with E-state index in [1.165, 1.54) is 244 Å². The average molecular weight is 1160 g/mol. The molecule has 0 aliphatic rings. The van der Waals surface area contributed by atoms with Crippen molar-refractivity contribution in [3.8, 4) is 0 Å². The number of carbonyl (C=O) groups excluding carboxylic acids is 3. The molecule has 0 amide bonds. The largest absolute Gasteiger partial charge is 0.462 e. The fraction of sp³-hybridized carbons (Fsp3) is 0.805. The summed E-state index contributed by atoms with van der Waals surface area (Å²) >= 11 is 0. The molecule has 0 heterocycles. The van der Waals surface area contributed by atoms with Crippen molar-refractivity contribution in [2.45, 2.75) is 386 Å². The summed E-state index contributed by atoms with van der Waals surface area (Å²) < 4.78 is 17.0. The number of carbonyl (C=O) groups is 3. The number of unbranched alkanes of at least 4 members (excludes halogenated alkanes) is 44. The second-order valence-corrected chi connectivity index (χ2v) is 24.5. The van der Waals surface area contributed by atoms with E-state index >= 15 is 0 Å². The van der Waals surface area contributed by atoms with E-state index in [0.717, 1.165) is 96.3 Å². The van der Waals surface area contributed by atoms with Crippen LogP contribution in [0.2, 0.25) is 0 Å². The van der Waals surface area contributed by atoms with E-state index in [1.807, 2.05) is 0 Å². The molecule has 1 unspecified atom stereocenters. The van der Waals surface area contributed by atoms with E-state index in [4.69, 9.17) is 14.2 Å². The molecule has 0 spiro atoms. The molecule has 6 heteroatoms. The molecule has 482 valence electrons. The molecule has 0 fully saturated rings. The molecule has 0 aliphatic carbocycles. The zero-order chi connectivity index (χ0) is 59.9. The predicted molar refractivity (Wildman–Crippen MR) is 362 cm³/mol. The molecule has 0 bridgehead atoms. The van der Waals surface area contributed by atoms with Crippen molar-refractivity contribution >= 4 is 17.9 Å². The second-order valence-electron chi connectivity index (χ2n) is 24.5. The number of hydrogen-bond donors (Lipinski definition) is 0. The molecule has 0 aromatic carbocycles. The first-order valence-electron chi connectivity index (χ1n) is 36.4. The molecular weight excluding hydrogens is 1020 g/mol. The Morgan fingerprint density at radius 3 is 0.747 bits per heavy atom. The molecule has 1 atom stereocenters. The summed E-state index contributed by atoms with van der Waals surface area (Å²) in [4.78, 5) is 38.4. The minimum atomic E-state index is -0.777. The minimum absolute atomic E-state index is 0.0721. The van der Waals surface area contributed by atoms with Crippen molar-refractivity contribution in [1.29, 1.82) is 0 Å². The third-order valence-corrected chi connectivity index (χ3v) is 16.2. The van der Waals surface area contributed by atoms with Gasteiger partial charge in [0.25, 0.3) is 0 Å². The number of esters is 3. The first kappa shape index (κ1) is 79.8. The zero-order valence-electron chi connectivity index (χ0n) is 55.5. The molecule has 0 saturated heterocycles. The maximum Gasteiger partial charge on any atom is 0.306 e. The fourth-order valence-corrected chi connectivity index (χ4v) is 10.8. The number of ether oxygens (including phenoxy) is 3. The van der Waals surface area contributed by atoms with Crippen LogP contribution >= 0.6 is 0 Å². The van der Waals surface area contributed by atoms with E-state index < -0.39 is 6.10 Å². The average Bonchev–Trinajstić information content (AvgIpc) is 3.49. The summed E-state index contributed by atoms with van der Waals surface area (Å²) in [6, 6.07) is 0. The molecule has 0 aromatic rings. The number of allylic oxidation sites excluding steroid dienone is 12. The lowest BCUT2D eigenvalue weighted by Crippen LogP contribution is -2.30. The lowest BCUT2D eigenvalue weighted by molar-refractivity contribution is -0.167. The summed E-state index contributed by atoms with van der Waals surface area (Å²) in [5, 5.41) is 0. The summed E-state index contributed by atoms with van der Waals surface area (Å²) in [6.07, 6.45) is 93.7. The van der Waals surface area contributed by atoms with Gasteiger partial charge in [0.05, 0.1) is 0 Å². The molecule has 0 saturated carbocycles. The Bertz CT molecular complexity index is 1520. The Balaban J connectivity index is 4.16. The topological polar surface area (TPSA) is 78.9 Å². The highest BCUT2D eigenvalue weighted by atomic mass is 16.6. The summed E-state index contributed by atoms with van der Waals surface area (Å²) in [6.45, 7) is 6.56. The van der Waals surface area contributed by atoms with Crippen LogP contribution in [0.4, 0.5) is 0 Å². The molecule has 0 aromatic heterocycles. The van der Waals surface area contributed by atoms with Gasteiger partial charge in [-0.15, -0.1) is 0 Å². The second kappa shape index (κ2) is 71.3. The van der Waals surface area contributed by atoms with E-state index in [1.54, 1.807) is 0 Å². The SMILES string of the molecule is CC/C=C\C/C=C\C/C=C\C/C=C\CCCCCCCCCCCCCCCCCCCCCCC(=O)OCC(COC(=O)CCCCCCCCCCCCCCCC)OC(=O)CCCCCCCCC/C=C\C/C=C\CCCCCC. The highest BCUT2D eigenvalue weighted by molar-refractivity contribution is 5.71. The van der Waals surface area contributed by atoms with Gasteiger partial charge in [-0.05, 0) is 89.9 Å². The van der Waals surface area contributed by atoms with Crippen molar-refractivity contribution in [1.82, 2.24) is 0 Å². The number of rotatable bonds is 67. The van der Waals surface area contributed by atoms with Crippen LogP contribution in [0.5, 0.6) is 0 Å². The van der Waals surface area contributed by atoms with Gasteiger partial charge in [-0.25, -0.2) is 0 Å². The molecule has 0 N–H and O–H groups in total. The summed E-state index contributed by atoms with van der Waals surface area (Å²) in [5.41, 5.74) is 0. The van der Waals surface area contributed by atoms with Gasteiger partial charge < -0.3 is 14.2 Å². The van der Waals surface area contributed by atoms with Crippen LogP contribution in [0.15, 0.2) is 72.9 Å². The van der Waals surface area contributed by atoms with Gasteiger partial charge in [0.2, 0.25) is 0 Å².